The summed E-state index contributed by atoms with van der Waals surface area (Å²) in [6.45, 7) is 7.02. The molecule has 0 saturated carbocycles. The lowest BCUT2D eigenvalue weighted by molar-refractivity contribution is -0.330. The lowest BCUT2D eigenvalue weighted by Gasteiger charge is -2.38. The molecule has 8 nitrogen and oxygen atoms in total. The van der Waals surface area contributed by atoms with Crippen LogP contribution in [-0.4, -0.2) is 50.8 Å². The van der Waals surface area contributed by atoms with Gasteiger partial charge in [0.05, 0.1) is 13.2 Å². The molecule has 0 aliphatic carbocycles. The Morgan fingerprint density at radius 2 is 1.48 bits per heavy atom. The van der Waals surface area contributed by atoms with Crippen LogP contribution in [0.15, 0.2) is 0 Å². The Morgan fingerprint density at radius 3 is 1.81 bits per heavy atom. The van der Waals surface area contributed by atoms with Gasteiger partial charge < -0.3 is 28.4 Å². The van der Waals surface area contributed by atoms with Crippen LogP contribution in [0.25, 0.3) is 0 Å². The summed E-state index contributed by atoms with van der Waals surface area (Å²) < 4.78 is 30.3. The Balaban J connectivity index is 2.71. The molecule has 1 heterocycles. The van der Waals surface area contributed by atoms with Gasteiger partial charge in [0, 0.05) is 5.92 Å². The molecule has 1 aliphatic heterocycles. The molecule has 0 radical (unpaired) electrons. The van der Waals surface area contributed by atoms with Crippen molar-refractivity contribution in [3.8, 4) is 0 Å². The first-order chi connectivity index (χ1) is 9.92. The van der Waals surface area contributed by atoms with E-state index in [1.165, 1.54) is 0 Å². The fourth-order valence-electron chi connectivity index (χ4n) is 1.63. The van der Waals surface area contributed by atoms with Gasteiger partial charge in [0.1, 0.15) is 13.2 Å². The second kappa shape index (κ2) is 8.04. The molecule has 0 bridgehead atoms. The number of carbonyl (C=O) groups is 2. The molecular weight excluding hydrogens is 284 g/mol. The SMILES string of the molecule is CCOC(=O)OC1(OC(=O)OCC)COC(C(C)C)OC1. The Labute approximate surface area is 123 Å². The monoisotopic (exact) mass is 306 g/mol. The van der Waals surface area contributed by atoms with Crippen molar-refractivity contribution in [3.63, 3.8) is 0 Å². The molecule has 1 rings (SSSR count). The molecule has 0 aromatic carbocycles. The second-order valence-electron chi connectivity index (χ2n) is 4.72. The van der Waals surface area contributed by atoms with Crippen LogP contribution in [0.1, 0.15) is 27.7 Å². The molecule has 1 aliphatic rings. The van der Waals surface area contributed by atoms with Crippen LogP contribution in [0.3, 0.4) is 0 Å². The van der Waals surface area contributed by atoms with Crippen molar-refractivity contribution < 1.29 is 38.0 Å². The maximum absolute atomic E-state index is 11.5. The van der Waals surface area contributed by atoms with Gasteiger partial charge in [-0.15, -0.1) is 0 Å². The van der Waals surface area contributed by atoms with E-state index in [2.05, 4.69) is 9.47 Å². The zero-order valence-electron chi connectivity index (χ0n) is 12.7. The molecule has 0 atom stereocenters. The van der Waals surface area contributed by atoms with Gasteiger partial charge in [-0.3, -0.25) is 0 Å². The van der Waals surface area contributed by atoms with Crippen LogP contribution in [0, 0.1) is 5.92 Å². The van der Waals surface area contributed by atoms with Crippen LogP contribution in [0.5, 0.6) is 0 Å². The lowest BCUT2D eigenvalue weighted by atomic mass is 10.2. The van der Waals surface area contributed by atoms with E-state index >= 15 is 0 Å². The highest BCUT2D eigenvalue weighted by molar-refractivity contribution is 5.63. The Morgan fingerprint density at radius 1 is 1.05 bits per heavy atom. The van der Waals surface area contributed by atoms with E-state index in [-0.39, 0.29) is 32.3 Å². The van der Waals surface area contributed by atoms with E-state index < -0.39 is 24.4 Å². The third-order valence-corrected chi connectivity index (χ3v) is 2.54. The van der Waals surface area contributed by atoms with Crippen molar-refractivity contribution in [2.45, 2.75) is 39.8 Å². The summed E-state index contributed by atoms with van der Waals surface area (Å²) in [5.41, 5.74) is 0. The summed E-state index contributed by atoms with van der Waals surface area (Å²) in [6, 6.07) is 0. The van der Waals surface area contributed by atoms with Crippen molar-refractivity contribution in [3.05, 3.63) is 0 Å². The molecule has 21 heavy (non-hydrogen) atoms. The van der Waals surface area contributed by atoms with Gasteiger partial charge >= 0.3 is 18.1 Å². The molecule has 122 valence electrons. The average molecular weight is 306 g/mol. The van der Waals surface area contributed by atoms with Crippen molar-refractivity contribution in [2.75, 3.05) is 26.4 Å². The third kappa shape index (κ3) is 5.39. The van der Waals surface area contributed by atoms with Crippen LogP contribution in [-0.2, 0) is 28.4 Å². The molecule has 1 fully saturated rings. The molecule has 0 aromatic rings. The van der Waals surface area contributed by atoms with E-state index in [1.54, 1.807) is 13.8 Å². The smallest absolute Gasteiger partial charge is 0.434 e. The molecule has 8 heteroatoms. The van der Waals surface area contributed by atoms with Crippen LogP contribution >= 0.6 is 0 Å². The van der Waals surface area contributed by atoms with Gasteiger partial charge in [0.2, 0.25) is 0 Å². The molecule has 0 amide bonds. The average Bonchev–Trinajstić information content (AvgIpc) is 2.39. The van der Waals surface area contributed by atoms with Gasteiger partial charge in [-0.05, 0) is 13.8 Å². The van der Waals surface area contributed by atoms with E-state index in [0.717, 1.165) is 0 Å². The van der Waals surface area contributed by atoms with E-state index in [1.807, 2.05) is 13.8 Å². The molecule has 1 saturated heterocycles. The number of rotatable bonds is 5. The van der Waals surface area contributed by atoms with Gasteiger partial charge in [-0.2, -0.15) is 0 Å². The summed E-state index contributed by atoms with van der Waals surface area (Å²) >= 11 is 0. The fourth-order valence-corrected chi connectivity index (χ4v) is 1.63. The van der Waals surface area contributed by atoms with Gasteiger partial charge in [0.15, 0.2) is 6.29 Å². The standard InChI is InChI=1S/C13H22O8/c1-5-16-11(14)20-13(21-12(15)17-6-2)7-18-10(9(3)4)19-8-13/h9-10H,5-8H2,1-4H3. The highest BCUT2D eigenvalue weighted by Crippen LogP contribution is 2.26. The first-order valence-corrected chi connectivity index (χ1v) is 6.87. The van der Waals surface area contributed by atoms with Crippen molar-refractivity contribution in [1.29, 1.82) is 0 Å². The van der Waals surface area contributed by atoms with Crippen molar-refractivity contribution >= 4 is 12.3 Å². The van der Waals surface area contributed by atoms with Crippen molar-refractivity contribution in [1.82, 2.24) is 0 Å². The molecule has 0 aromatic heterocycles. The number of carbonyl (C=O) groups excluding carboxylic acids is 2. The second-order valence-corrected chi connectivity index (χ2v) is 4.72. The minimum Gasteiger partial charge on any atom is -0.434 e. The Kier molecular flexibility index (Phi) is 6.70. The zero-order valence-corrected chi connectivity index (χ0v) is 12.7. The van der Waals surface area contributed by atoms with E-state index in [0.29, 0.717) is 0 Å². The van der Waals surface area contributed by atoms with Gasteiger partial charge in [-0.1, -0.05) is 13.8 Å². The highest BCUT2D eigenvalue weighted by Gasteiger charge is 2.46. The Bertz CT molecular complexity index is 324. The summed E-state index contributed by atoms with van der Waals surface area (Å²) in [5, 5.41) is 0. The maximum atomic E-state index is 11.5. The quantitative estimate of drug-likeness (QED) is 0.563. The fraction of sp³-hybridized carbons (Fsp3) is 0.846. The molecule has 0 spiro atoms. The van der Waals surface area contributed by atoms with E-state index in [9.17, 15) is 9.59 Å². The summed E-state index contributed by atoms with van der Waals surface area (Å²) in [4.78, 5) is 23.0. The van der Waals surface area contributed by atoms with Crippen LogP contribution in [0.2, 0.25) is 0 Å². The molecular formula is C13H22O8. The predicted molar refractivity (Wildman–Crippen MR) is 69.5 cm³/mol. The zero-order chi connectivity index (χ0) is 15.9. The summed E-state index contributed by atoms with van der Waals surface area (Å²) in [6.07, 6.45) is -2.41. The van der Waals surface area contributed by atoms with Gasteiger partial charge in [-0.25, -0.2) is 9.59 Å². The van der Waals surface area contributed by atoms with Crippen LogP contribution < -0.4 is 0 Å². The highest BCUT2D eigenvalue weighted by atomic mass is 16.9. The summed E-state index contributed by atoms with van der Waals surface area (Å²) in [7, 11) is 0. The predicted octanol–water partition coefficient (Wildman–Crippen LogP) is 2.06. The largest absolute Gasteiger partial charge is 0.511 e. The number of hydrogen-bond acceptors (Lipinski definition) is 8. The van der Waals surface area contributed by atoms with E-state index in [4.69, 9.17) is 18.9 Å². The van der Waals surface area contributed by atoms with Crippen LogP contribution in [0.4, 0.5) is 9.59 Å². The first kappa shape index (κ1) is 17.5. The normalized spacial score (nSPS) is 18.1. The minimum atomic E-state index is -1.70. The maximum Gasteiger partial charge on any atom is 0.511 e. The topological polar surface area (TPSA) is 89.5 Å². The number of ether oxygens (including phenoxy) is 6. The molecule has 0 unspecified atom stereocenters. The number of hydrogen-bond donors (Lipinski definition) is 0. The minimum absolute atomic E-state index is 0.105. The summed E-state index contributed by atoms with van der Waals surface area (Å²) in [5.74, 6) is -1.60. The molecule has 0 N–H and O–H groups in total. The lowest BCUT2D eigenvalue weighted by Crippen LogP contribution is -2.54. The van der Waals surface area contributed by atoms with Crippen molar-refractivity contribution in [2.24, 2.45) is 5.92 Å². The van der Waals surface area contributed by atoms with Gasteiger partial charge in [0.25, 0.3) is 0 Å². The third-order valence-electron chi connectivity index (χ3n) is 2.54. The Hall–Kier alpha value is -1.54. The first-order valence-electron chi connectivity index (χ1n) is 6.87.